The number of sulfonamides is 1. The fourth-order valence-corrected chi connectivity index (χ4v) is 4.58. The first kappa shape index (κ1) is 19.1. The van der Waals surface area contributed by atoms with E-state index in [0.717, 1.165) is 43.6 Å². The van der Waals surface area contributed by atoms with Crippen molar-refractivity contribution in [2.45, 2.75) is 38.1 Å². The molecule has 3 rings (SSSR count). The molecule has 1 fully saturated rings. The minimum atomic E-state index is -3.42. The molecule has 2 aromatic carbocycles. The van der Waals surface area contributed by atoms with Crippen LogP contribution in [0, 0.1) is 19.8 Å². The second-order valence-corrected chi connectivity index (χ2v) is 9.07. The third kappa shape index (κ3) is 4.93. The normalized spacial score (nSPS) is 16.7. The topological polar surface area (TPSA) is 49.4 Å². The Hall–Kier alpha value is -1.69. The smallest absolute Gasteiger partial charge is 0.240 e. The lowest BCUT2D eigenvalue weighted by atomic mass is 9.97. The van der Waals surface area contributed by atoms with Crippen LogP contribution in [0.4, 0.5) is 0 Å². The zero-order valence-corrected chi connectivity index (χ0v) is 16.4. The molecule has 1 saturated heterocycles. The van der Waals surface area contributed by atoms with Gasteiger partial charge in [-0.25, -0.2) is 13.1 Å². The van der Waals surface area contributed by atoms with Crippen molar-refractivity contribution in [2.24, 2.45) is 5.92 Å². The summed E-state index contributed by atoms with van der Waals surface area (Å²) in [6.07, 6.45) is 2.06. The van der Waals surface area contributed by atoms with Gasteiger partial charge in [-0.15, -0.1) is 0 Å². The Bertz CT molecular complexity index is 826. The van der Waals surface area contributed by atoms with Gasteiger partial charge < -0.3 is 0 Å². The lowest BCUT2D eigenvalue weighted by molar-refractivity contribution is 0.178. The average Bonchev–Trinajstić information content (AvgIpc) is 2.64. The highest BCUT2D eigenvalue weighted by molar-refractivity contribution is 7.89. The van der Waals surface area contributed by atoms with Crippen molar-refractivity contribution in [2.75, 3.05) is 19.6 Å². The van der Waals surface area contributed by atoms with Crippen LogP contribution in [-0.2, 0) is 16.6 Å². The molecule has 1 aliphatic rings. The van der Waals surface area contributed by atoms with E-state index < -0.39 is 10.0 Å². The van der Waals surface area contributed by atoms with E-state index in [0.29, 0.717) is 17.4 Å². The monoisotopic (exact) mass is 372 g/mol. The number of hydrogen-bond acceptors (Lipinski definition) is 3. The fourth-order valence-electron chi connectivity index (χ4n) is 3.38. The number of nitrogens with zero attached hydrogens (tertiary/aromatic N) is 1. The Morgan fingerprint density at radius 1 is 1.00 bits per heavy atom. The van der Waals surface area contributed by atoms with Crippen molar-refractivity contribution in [1.82, 2.24) is 9.62 Å². The van der Waals surface area contributed by atoms with Crippen LogP contribution < -0.4 is 4.72 Å². The standard InChI is InChI=1S/C21H28N2O2S/c1-17-8-9-21(14-18(17)2)26(24,25)22-15-19-10-12-23(13-11-19)16-20-6-4-3-5-7-20/h3-9,14,19,22H,10-13,15-16H2,1-2H3. The van der Waals surface area contributed by atoms with E-state index in [2.05, 4.69) is 33.9 Å². The summed E-state index contributed by atoms with van der Waals surface area (Å²) in [5.41, 5.74) is 3.44. The summed E-state index contributed by atoms with van der Waals surface area (Å²) in [6, 6.07) is 15.8. The SMILES string of the molecule is Cc1ccc(S(=O)(=O)NCC2CCN(Cc3ccccc3)CC2)cc1C. The first-order valence-corrected chi connectivity index (χ1v) is 10.8. The van der Waals surface area contributed by atoms with Gasteiger partial charge in [0.2, 0.25) is 10.0 Å². The largest absolute Gasteiger partial charge is 0.299 e. The fraction of sp³-hybridized carbons (Fsp3) is 0.429. The van der Waals surface area contributed by atoms with E-state index in [-0.39, 0.29) is 0 Å². The van der Waals surface area contributed by atoms with Crippen LogP contribution in [0.3, 0.4) is 0 Å². The first-order valence-electron chi connectivity index (χ1n) is 9.27. The zero-order chi connectivity index (χ0) is 18.6. The minimum Gasteiger partial charge on any atom is -0.299 e. The molecule has 1 aliphatic heterocycles. The van der Waals surface area contributed by atoms with Gasteiger partial charge in [0.05, 0.1) is 4.90 Å². The Morgan fingerprint density at radius 2 is 1.69 bits per heavy atom. The Kier molecular flexibility index (Phi) is 6.12. The van der Waals surface area contributed by atoms with Gasteiger partial charge >= 0.3 is 0 Å². The predicted molar refractivity (Wildman–Crippen MR) is 106 cm³/mol. The summed E-state index contributed by atoms with van der Waals surface area (Å²) in [5.74, 6) is 0.406. The molecule has 140 valence electrons. The quantitative estimate of drug-likeness (QED) is 0.844. The Morgan fingerprint density at radius 3 is 2.35 bits per heavy atom. The van der Waals surface area contributed by atoms with Crippen molar-refractivity contribution < 1.29 is 8.42 Å². The summed E-state index contributed by atoms with van der Waals surface area (Å²) >= 11 is 0. The molecule has 2 aromatic rings. The molecule has 26 heavy (non-hydrogen) atoms. The van der Waals surface area contributed by atoms with Crippen LogP contribution in [0.5, 0.6) is 0 Å². The summed E-state index contributed by atoms with van der Waals surface area (Å²) in [4.78, 5) is 2.81. The van der Waals surface area contributed by atoms with E-state index in [4.69, 9.17) is 0 Å². The van der Waals surface area contributed by atoms with Crippen molar-refractivity contribution in [1.29, 1.82) is 0 Å². The second kappa shape index (κ2) is 8.33. The summed E-state index contributed by atoms with van der Waals surface area (Å²) in [5, 5.41) is 0. The molecule has 0 saturated carbocycles. The van der Waals surface area contributed by atoms with Gasteiger partial charge in [0.25, 0.3) is 0 Å². The Labute approximate surface area is 157 Å². The highest BCUT2D eigenvalue weighted by Gasteiger charge is 2.22. The van der Waals surface area contributed by atoms with Crippen LogP contribution in [0.1, 0.15) is 29.5 Å². The third-order valence-electron chi connectivity index (χ3n) is 5.31. The van der Waals surface area contributed by atoms with Gasteiger partial charge in [0.15, 0.2) is 0 Å². The van der Waals surface area contributed by atoms with Crippen molar-refractivity contribution in [3.05, 3.63) is 65.2 Å². The number of benzene rings is 2. The number of hydrogen-bond donors (Lipinski definition) is 1. The van der Waals surface area contributed by atoms with Gasteiger partial charge in [-0.05, 0) is 74.5 Å². The lowest BCUT2D eigenvalue weighted by Gasteiger charge is -2.32. The van der Waals surface area contributed by atoms with Crippen LogP contribution in [0.25, 0.3) is 0 Å². The lowest BCUT2D eigenvalue weighted by Crippen LogP contribution is -2.38. The van der Waals surface area contributed by atoms with Crippen molar-refractivity contribution in [3.63, 3.8) is 0 Å². The van der Waals surface area contributed by atoms with Gasteiger partial charge in [-0.2, -0.15) is 0 Å². The molecule has 0 spiro atoms. The first-order chi connectivity index (χ1) is 12.4. The maximum atomic E-state index is 12.5. The molecule has 0 aliphatic carbocycles. The molecule has 1 N–H and O–H groups in total. The minimum absolute atomic E-state index is 0.363. The summed E-state index contributed by atoms with van der Waals surface area (Å²) in [7, 11) is -3.42. The van der Waals surface area contributed by atoms with Crippen LogP contribution in [0.15, 0.2) is 53.4 Å². The number of nitrogens with one attached hydrogen (secondary N) is 1. The summed E-state index contributed by atoms with van der Waals surface area (Å²) < 4.78 is 27.9. The van der Waals surface area contributed by atoms with Gasteiger partial charge in [-0.3, -0.25) is 4.90 Å². The number of likely N-dealkylation sites (tertiary alicyclic amines) is 1. The number of aryl methyl sites for hydroxylation is 2. The molecule has 0 atom stereocenters. The van der Waals surface area contributed by atoms with Gasteiger partial charge in [-0.1, -0.05) is 36.4 Å². The third-order valence-corrected chi connectivity index (χ3v) is 6.73. The van der Waals surface area contributed by atoms with E-state index in [1.165, 1.54) is 5.56 Å². The molecule has 0 unspecified atom stereocenters. The van der Waals surface area contributed by atoms with Crippen LogP contribution in [-0.4, -0.2) is 33.0 Å². The number of piperidine rings is 1. The molecule has 1 heterocycles. The van der Waals surface area contributed by atoms with Gasteiger partial charge in [0.1, 0.15) is 0 Å². The predicted octanol–water partition coefficient (Wildman–Crippen LogP) is 3.49. The van der Waals surface area contributed by atoms with E-state index in [9.17, 15) is 8.42 Å². The van der Waals surface area contributed by atoms with E-state index >= 15 is 0 Å². The molecular formula is C21H28N2O2S. The zero-order valence-electron chi connectivity index (χ0n) is 15.6. The van der Waals surface area contributed by atoms with Crippen LogP contribution >= 0.6 is 0 Å². The molecule has 0 amide bonds. The van der Waals surface area contributed by atoms with Crippen LogP contribution in [0.2, 0.25) is 0 Å². The molecule has 5 heteroatoms. The van der Waals surface area contributed by atoms with Gasteiger partial charge in [0, 0.05) is 13.1 Å². The average molecular weight is 373 g/mol. The van der Waals surface area contributed by atoms with E-state index in [1.807, 2.05) is 26.0 Å². The molecule has 0 aromatic heterocycles. The maximum absolute atomic E-state index is 12.5. The molecule has 0 radical (unpaired) electrons. The molecule has 0 bridgehead atoms. The molecular weight excluding hydrogens is 344 g/mol. The highest BCUT2D eigenvalue weighted by Crippen LogP contribution is 2.20. The summed E-state index contributed by atoms with van der Waals surface area (Å²) in [6.45, 7) is 7.46. The highest BCUT2D eigenvalue weighted by atomic mass is 32.2. The van der Waals surface area contributed by atoms with Crippen molar-refractivity contribution in [3.8, 4) is 0 Å². The second-order valence-electron chi connectivity index (χ2n) is 7.30. The maximum Gasteiger partial charge on any atom is 0.240 e. The molecule has 4 nitrogen and oxygen atoms in total. The number of rotatable bonds is 6. The van der Waals surface area contributed by atoms with E-state index in [1.54, 1.807) is 12.1 Å². The Balaban J connectivity index is 1.49. The van der Waals surface area contributed by atoms with Crippen molar-refractivity contribution >= 4 is 10.0 Å².